The zero-order chi connectivity index (χ0) is 15.3. The Morgan fingerprint density at radius 2 is 0.632 bits per heavy atom. The molecule has 0 N–H and O–H groups in total. The summed E-state index contributed by atoms with van der Waals surface area (Å²) < 4.78 is 0. The molecule has 0 nitrogen and oxygen atoms in total. The highest BCUT2D eigenvalue weighted by Crippen LogP contribution is 2.29. The van der Waals surface area contributed by atoms with E-state index in [0.717, 1.165) is 23.7 Å². The number of rotatable bonds is 0. The van der Waals surface area contributed by atoms with E-state index in [-0.39, 0.29) is 0 Å². The molecule has 2 aliphatic rings. The standard InChI is InChI=1S/C8H16.C7H14.2C2H6/c1-7-3-5-8(2)6-4-7;1-6-3-4-7(2)5-6;2*1-2/h7-8H,3-6H2,1-2H3;6-7H,3-5H2,1-2H3;2*1-2H3. The molecule has 2 unspecified atom stereocenters. The van der Waals surface area contributed by atoms with Crippen molar-refractivity contribution in [2.45, 2.75) is 100 Å². The second-order valence-corrected chi connectivity index (χ2v) is 6.39. The van der Waals surface area contributed by atoms with Gasteiger partial charge in [0.05, 0.1) is 0 Å². The van der Waals surface area contributed by atoms with Crippen LogP contribution in [0.1, 0.15) is 100 Å². The molecule has 19 heavy (non-hydrogen) atoms. The highest BCUT2D eigenvalue weighted by molar-refractivity contribution is 4.68. The van der Waals surface area contributed by atoms with Gasteiger partial charge in [0.25, 0.3) is 0 Å². The predicted molar refractivity (Wildman–Crippen MR) is 91.7 cm³/mol. The van der Waals surface area contributed by atoms with E-state index in [1.807, 2.05) is 27.7 Å². The van der Waals surface area contributed by atoms with E-state index in [1.54, 1.807) is 0 Å². The second-order valence-electron chi connectivity index (χ2n) is 6.39. The van der Waals surface area contributed by atoms with Crippen LogP contribution in [0.3, 0.4) is 0 Å². The smallest absolute Gasteiger partial charge is 0.0440 e. The van der Waals surface area contributed by atoms with Crippen LogP contribution in [-0.4, -0.2) is 0 Å². The first-order chi connectivity index (χ1) is 9.08. The largest absolute Gasteiger partial charge is 0.0683 e. The van der Waals surface area contributed by atoms with E-state index < -0.39 is 0 Å². The maximum atomic E-state index is 2.37. The molecule has 0 bridgehead atoms. The molecule has 2 saturated carbocycles. The minimum Gasteiger partial charge on any atom is -0.0683 e. The van der Waals surface area contributed by atoms with Crippen molar-refractivity contribution >= 4 is 0 Å². The summed E-state index contributed by atoms with van der Waals surface area (Å²) in [4.78, 5) is 0. The molecule has 0 aliphatic heterocycles. The fraction of sp³-hybridized carbons (Fsp3) is 1.00. The summed E-state index contributed by atoms with van der Waals surface area (Å²) in [7, 11) is 0. The Morgan fingerprint density at radius 1 is 0.421 bits per heavy atom. The molecule has 0 saturated heterocycles. The lowest BCUT2D eigenvalue weighted by molar-refractivity contribution is 0.308. The molecule has 2 atom stereocenters. The molecular weight excluding hydrogens is 228 g/mol. The van der Waals surface area contributed by atoms with Crippen molar-refractivity contribution in [1.82, 2.24) is 0 Å². The first-order valence-corrected chi connectivity index (χ1v) is 9.08. The second kappa shape index (κ2) is 14.4. The first kappa shape index (κ1) is 21.3. The molecule has 2 rings (SSSR count). The third-order valence-corrected chi connectivity index (χ3v) is 4.26. The topological polar surface area (TPSA) is 0 Å². The van der Waals surface area contributed by atoms with Crippen LogP contribution in [0.2, 0.25) is 0 Å². The van der Waals surface area contributed by atoms with E-state index in [1.165, 1.54) is 44.9 Å². The van der Waals surface area contributed by atoms with Gasteiger partial charge in [-0.05, 0) is 30.1 Å². The van der Waals surface area contributed by atoms with Crippen molar-refractivity contribution in [3.05, 3.63) is 0 Å². The number of hydrogen-bond donors (Lipinski definition) is 0. The molecule has 0 spiro atoms. The Balaban J connectivity index is 0. The zero-order valence-electron chi connectivity index (χ0n) is 15.3. The van der Waals surface area contributed by atoms with Crippen LogP contribution >= 0.6 is 0 Å². The lowest BCUT2D eigenvalue weighted by Gasteiger charge is -2.22. The molecule has 0 heteroatoms. The van der Waals surface area contributed by atoms with Gasteiger partial charge in [0, 0.05) is 0 Å². The molecule has 0 heterocycles. The Labute approximate surface area is 124 Å². The van der Waals surface area contributed by atoms with Gasteiger partial charge in [-0.1, -0.05) is 93.9 Å². The van der Waals surface area contributed by atoms with Crippen molar-refractivity contribution in [3.8, 4) is 0 Å². The van der Waals surface area contributed by atoms with Crippen molar-refractivity contribution in [2.24, 2.45) is 23.7 Å². The predicted octanol–water partition coefficient (Wildman–Crippen LogP) is 7.33. The van der Waals surface area contributed by atoms with Crippen molar-refractivity contribution in [3.63, 3.8) is 0 Å². The first-order valence-electron chi connectivity index (χ1n) is 9.08. The summed E-state index contributed by atoms with van der Waals surface area (Å²) in [6, 6.07) is 0. The minimum atomic E-state index is 1.02. The normalized spacial score (nSPS) is 32.8. The minimum absolute atomic E-state index is 1.02. The molecule has 2 aliphatic carbocycles. The summed E-state index contributed by atoms with van der Waals surface area (Å²) >= 11 is 0. The number of hydrogen-bond acceptors (Lipinski definition) is 0. The van der Waals surface area contributed by atoms with Crippen LogP contribution in [0.4, 0.5) is 0 Å². The molecule has 0 aromatic carbocycles. The molecule has 0 amide bonds. The maximum absolute atomic E-state index is 2.37. The van der Waals surface area contributed by atoms with Gasteiger partial charge in [0.2, 0.25) is 0 Å². The highest BCUT2D eigenvalue weighted by atomic mass is 14.2. The average Bonchev–Trinajstić information content (AvgIpc) is 2.82. The van der Waals surface area contributed by atoms with Gasteiger partial charge in [-0.3, -0.25) is 0 Å². The van der Waals surface area contributed by atoms with Crippen molar-refractivity contribution in [1.29, 1.82) is 0 Å². The molecular formula is C19H42. The Morgan fingerprint density at radius 3 is 0.789 bits per heavy atom. The van der Waals surface area contributed by atoms with Crippen LogP contribution in [0.15, 0.2) is 0 Å². The zero-order valence-corrected chi connectivity index (χ0v) is 15.3. The molecule has 118 valence electrons. The van der Waals surface area contributed by atoms with Crippen LogP contribution < -0.4 is 0 Å². The molecule has 2 fully saturated rings. The average molecular weight is 271 g/mol. The molecule has 0 radical (unpaired) electrons. The van der Waals surface area contributed by atoms with Crippen molar-refractivity contribution in [2.75, 3.05) is 0 Å². The monoisotopic (exact) mass is 270 g/mol. The SMILES string of the molecule is CC.CC.CC1CCC(C)C1.CC1CCC(C)CC1. The molecule has 0 aromatic heterocycles. The Hall–Kier alpha value is 0. The van der Waals surface area contributed by atoms with Gasteiger partial charge in [-0.2, -0.15) is 0 Å². The van der Waals surface area contributed by atoms with Crippen molar-refractivity contribution < 1.29 is 0 Å². The van der Waals surface area contributed by atoms with Gasteiger partial charge < -0.3 is 0 Å². The maximum Gasteiger partial charge on any atom is -0.0440 e. The Kier molecular flexibility index (Phi) is 16.2. The molecule has 0 aromatic rings. The van der Waals surface area contributed by atoms with Gasteiger partial charge in [-0.25, -0.2) is 0 Å². The quantitative estimate of drug-likeness (QED) is 0.432. The lowest BCUT2D eigenvalue weighted by atomic mass is 9.84. The fourth-order valence-electron chi connectivity index (χ4n) is 2.92. The van der Waals surface area contributed by atoms with E-state index in [4.69, 9.17) is 0 Å². The van der Waals surface area contributed by atoms with Crippen LogP contribution in [-0.2, 0) is 0 Å². The van der Waals surface area contributed by atoms with Gasteiger partial charge in [-0.15, -0.1) is 0 Å². The van der Waals surface area contributed by atoms with Crippen LogP contribution in [0.25, 0.3) is 0 Å². The summed E-state index contributed by atoms with van der Waals surface area (Å²) in [5, 5.41) is 0. The summed E-state index contributed by atoms with van der Waals surface area (Å²) in [5.74, 6) is 4.09. The van der Waals surface area contributed by atoms with Gasteiger partial charge in [0.15, 0.2) is 0 Å². The lowest BCUT2D eigenvalue weighted by Crippen LogP contribution is -2.08. The van der Waals surface area contributed by atoms with Gasteiger partial charge >= 0.3 is 0 Å². The van der Waals surface area contributed by atoms with Crippen LogP contribution in [0, 0.1) is 23.7 Å². The highest BCUT2D eigenvalue weighted by Gasteiger charge is 2.16. The third-order valence-electron chi connectivity index (χ3n) is 4.26. The van der Waals surface area contributed by atoms with E-state index in [2.05, 4.69) is 27.7 Å². The summed E-state index contributed by atoms with van der Waals surface area (Å²) in [6.45, 7) is 17.4. The van der Waals surface area contributed by atoms with E-state index in [0.29, 0.717) is 0 Å². The summed E-state index contributed by atoms with van der Waals surface area (Å²) in [5.41, 5.74) is 0. The summed E-state index contributed by atoms with van der Waals surface area (Å²) in [6.07, 6.45) is 10.3. The van der Waals surface area contributed by atoms with Gasteiger partial charge in [0.1, 0.15) is 0 Å². The van der Waals surface area contributed by atoms with E-state index in [9.17, 15) is 0 Å². The third kappa shape index (κ3) is 12.8. The Bertz CT molecular complexity index is 135. The fourth-order valence-corrected chi connectivity index (χ4v) is 2.92. The van der Waals surface area contributed by atoms with E-state index >= 15 is 0 Å². The van der Waals surface area contributed by atoms with Crippen LogP contribution in [0.5, 0.6) is 0 Å².